The number of aromatic nitrogens is 3. The van der Waals surface area contributed by atoms with Gasteiger partial charge in [0.1, 0.15) is 11.5 Å². The van der Waals surface area contributed by atoms with Gasteiger partial charge >= 0.3 is 6.03 Å². The molecule has 2 aliphatic rings. The van der Waals surface area contributed by atoms with Gasteiger partial charge in [-0.25, -0.2) is 9.78 Å². The second-order valence-corrected chi connectivity index (χ2v) is 9.85. The summed E-state index contributed by atoms with van der Waals surface area (Å²) in [6, 6.07) is 5.44. The number of urea groups is 1. The number of amides is 4. The van der Waals surface area contributed by atoms with Gasteiger partial charge in [0.15, 0.2) is 5.65 Å². The fourth-order valence-electron chi connectivity index (χ4n) is 3.79. The molecule has 12 heteroatoms. The number of carbonyl (C=O) groups is 3. The van der Waals surface area contributed by atoms with Crippen LogP contribution in [0.3, 0.4) is 0 Å². The highest BCUT2D eigenvalue weighted by Gasteiger charge is 2.25. The summed E-state index contributed by atoms with van der Waals surface area (Å²) in [5.41, 5.74) is 1.96. The minimum atomic E-state index is -0.561. The number of nitrogens with zero attached hydrogens (tertiary/aromatic N) is 3. The molecule has 0 bridgehead atoms. The smallest absolute Gasteiger partial charge is 0.326 e. The molecular weight excluding hydrogens is 480 g/mol. The van der Waals surface area contributed by atoms with Gasteiger partial charge in [0.2, 0.25) is 0 Å². The SMILES string of the molecule is CCCNCCCNC(=O)c1ccc(-c2cc(NC3CC3)n3ncc(/C=C4\NC(=O)NC4=O)c3n2)s1. The van der Waals surface area contributed by atoms with E-state index in [1.54, 1.807) is 16.8 Å². The molecule has 1 aliphatic carbocycles. The molecule has 4 heterocycles. The molecule has 2 fully saturated rings. The van der Waals surface area contributed by atoms with Crippen LogP contribution in [0.2, 0.25) is 0 Å². The number of fused-ring (bicyclic) bond motifs is 1. The summed E-state index contributed by atoms with van der Waals surface area (Å²) in [5.74, 6) is 0.180. The lowest BCUT2D eigenvalue weighted by Crippen LogP contribution is -2.26. The third kappa shape index (κ3) is 5.39. The van der Waals surface area contributed by atoms with Crippen molar-refractivity contribution in [2.45, 2.75) is 38.6 Å². The lowest BCUT2D eigenvalue weighted by molar-refractivity contribution is -0.115. The van der Waals surface area contributed by atoms with Crippen LogP contribution in [0.25, 0.3) is 22.3 Å². The molecular formula is C24H28N8O3S. The van der Waals surface area contributed by atoms with Gasteiger partial charge in [0, 0.05) is 24.2 Å². The van der Waals surface area contributed by atoms with Crippen LogP contribution < -0.4 is 26.6 Å². The highest BCUT2D eigenvalue weighted by molar-refractivity contribution is 7.17. The lowest BCUT2D eigenvalue weighted by atomic mass is 10.2. The Balaban J connectivity index is 1.39. The fourth-order valence-corrected chi connectivity index (χ4v) is 4.67. The van der Waals surface area contributed by atoms with Crippen LogP contribution in [0.15, 0.2) is 30.1 Å². The zero-order valence-corrected chi connectivity index (χ0v) is 20.7. The average molecular weight is 509 g/mol. The van der Waals surface area contributed by atoms with Crippen LogP contribution >= 0.6 is 11.3 Å². The molecule has 0 spiro atoms. The van der Waals surface area contributed by atoms with E-state index >= 15 is 0 Å². The highest BCUT2D eigenvalue weighted by atomic mass is 32.1. The van der Waals surface area contributed by atoms with Gasteiger partial charge in [-0.15, -0.1) is 11.3 Å². The molecule has 0 atom stereocenters. The molecule has 0 unspecified atom stereocenters. The van der Waals surface area contributed by atoms with Crippen LogP contribution in [0, 0.1) is 0 Å². The lowest BCUT2D eigenvalue weighted by Gasteiger charge is -2.09. The number of hydrogen-bond donors (Lipinski definition) is 5. The predicted molar refractivity (Wildman–Crippen MR) is 138 cm³/mol. The zero-order chi connectivity index (χ0) is 25.1. The van der Waals surface area contributed by atoms with Crippen molar-refractivity contribution in [1.82, 2.24) is 35.9 Å². The van der Waals surface area contributed by atoms with Crippen molar-refractivity contribution < 1.29 is 14.4 Å². The summed E-state index contributed by atoms with van der Waals surface area (Å²) in [6.45, 7) is 4.59. The Labute approximate surface area is 211 Å². The summed E-state index contributed by atoms with van der Waals surface area (Å²) < 4.78 is 1.69. The summed E-state index contributed by atoms with van der Waals surface area (Å²) in [6.07, 6.45) is 7.30. The molecule has 0 radical (unpaired) electrons. The van der Waals surface area contributed by atoms with Crippen molar-refractivity contribution in [3.63, 3.8) is 0 Å². The quantitative estimate of drug-likeness (QED) is 0.152. The van der Waals surface area contributed by atoms with Gasteiger partial charge in [-0.2, -0.15) is 9.61 Å². The molecule has 1 saturated carbocycles. The van der Waals surface area contributed by atoms with Crippen molar-refractivity contribution in [3.8, 4) is 10.6 Å². The molecule has 5 rings (SSSR count). The minimum absolute atomic E-state index is 0.100. The van der Waals surface area contributed by atoms with Crippen LogP contribution in [0.4, 0.5) is 10.6 Å². The minimum Gasteiger partial charge on any atom is -0.367 e. The maximum atomic E-state index is 12.6. The third-order valence-electron chi connectivity index (χ3n) is 5.77. The number of carbonyl (C=O) groups excluding carboxylic acids is 3. The Bertz CT molecular complexity index is 1340. The maximum absolute atomic E-state index is 12.6. The Morgan fingerprint density at radius 2 is 2.08 bits per heavy atom. The Morgan fingerprint density at radius 1 is 1.22 bits per heavy atom. The zero-order valence-electron chi connectivity index (χ0n) is 19.9. The summed E-state index contributed by atoms with van der Waals surface area (Å²) in [4.78, 5) is 42.4. The van der Waals surface area contributed by atoms with Gasteiger partial charge in [0.05, 0.1) is 21.6 Å². The Morgan fingerprint density at radius 3 is 2.83 bits per heavy atom. The number of hydrogen-bond acceptors (Lipinski definition) is 8. The van der Waals surface area contributed by atoms with E-state index in [9.17, 15) is 14.4 Å². The summed E-state index contributed by atoms with van der Waals surface area (Å²) in [7, 11) is 0. The van der Waals surface area contributed by atoms with Gasteiger partial charge in [-0.3, -0.25) is 14.9 Å². The van der Waals surface area contributed by atoms with Crippen molar-refractivity contribution >= 4 is 46.7 Å². The first kappa shape index (κ1) is 23.9. The summed E-state index contributed by atoms with van der Waals surface area (Å²) in [5, 5.41) is 18.9. The van der Waals surface area contributed by atoms with Gasteiger partial charge < -0.3 is 21.3 Å². The molecule has 1 aliphatic heterocycles. The van der Waals surface area contributed by atoms with Crippen molar-refractivity contribution in [2.75, 3.05) is 25.0 Å². The number of imide groups is 1. The van der Waals surface area contributed by atoms with Crippen LogP contribution in [0.5, 0.6) is 0 Å². The second kappa shape index (κ2) is 10.5. The van der Waals surface area contributed by atoms with Crippen LogP contribution in [-0.4, -0.2) is 58.1 Å². The van der Waals surface area contributed by atoms with E-state index in [0.29, 0.717) is 34.4 Å². The van der Waals surface area contributed by atoms with E-state index in [4.69, 9.17) is 4.98 Å². The van der Waals surface area contributed by atoms with Gasteiger partial charge in [-0.1, -0.05) is 6.92 Å². The number of rotatable bonds is 11. The molecule has 11 nitrogen and oxygen atoms in total. The molecule has 0 aromatic carbocycles. The number of anilines is 1. The Hall–Kier alpha value is -3.77. The molecule has 3 aromatic rings. The van der Waals surface area contributed by atoms with Crippen LogP contribution in [-0.2, 0) is 4.79 Å². The first-order chi connectivity index (χ1) is 17.5. The Kier molecular flexibility index (Phi) is 6.96. The van der Waals surface area contributed by atoms with Crippen molar-refractivity contribution in [1.29, 1.82) is 0 Å². The van der Waals surface area contributed by atoms with Crippen molar-refractivity contribution in [2.24, 2.45) is 0 Å². The summed E-state index contributed by atoms with van der Waals surface area (Å²) >= 11 is 1.38. The predicted octanol–water partition coefficient (Wildman–Crippen LogP) is 2.33. The van der Waals surface area contributed by atoms with E-state index in [2.05, 4.69) is 38.6 Å². The van der Waals surface area contributed by atoms with Gasteiger partial charge in [0.25, 0.3) is 11.8 Å². The van der Waals surface area contributed by atoms with E-state index in [1.807, 2.05) is 18.2 Å². The number of thiophene rings is 1. The molecule has 36 heavy (non-hydrogen) atoms. The monoisotopic (exact) mass is 508 g/mol. The first-order valence-corrected chi connectivity index (χ1v) is 12.9. The largest absolute Gasteiger partial charge is 0.367 e. The molecule has 1 saturated heterocycles. The average Bonchev–Trinajstić information content (AvgIpc) is 3.24. The molecule has 188 valence electrons. The number of nitrogens with one attached hydrogen (secondary N) is 5. The standard InChI is InChI=1S/C24H28N8O3S/c1-2-8-25-9-3-10-26-23(34)19-7-6-18(36-19)16-12-20(28-15-4-5-15)32-21(29-16)14(13-27-32)11-17-22(33)31-24(35)30-17/h6-7,11-13,15,25,28H,2-5,8-10H2,1H3,(H,26,34)(H2,30,31,33,35)/b17-11-. The van der Waals surface area contributed by atoms with Crippen molar-refractivity contribution in [3.05, 3.63) is 40.5 Å². The molecule has 4 amide bonds. The van der Waals surface area contributed by atoms with E-state index in [1.165, 1.54) is 11.3 Å². The fraction of sp³-hybridized carbons (Fsp3) is 0.375. The van der Waals surface area contributed by atoms with Crippen LogP contribution in [0.1, 0.15) is 47.8 Å². The normalized spacial score (nSPS) is 16.4. The third-order valence-corrected chi connectivity index (χ3v) is 6.88. The highest BCUT2D eigenvalue weighted by Crippen LogP contribution is 2.32. The topological polar surface area (TPSA) is 142 Å². The van der Waals surface area contributed by atoms with E-state index < -0.39 is 11.9 Å². The first-order valence-electron chi connectivity index (χ1n) is 12.1. The van der Waals surface area contributed by atoms with E-state index in [0.717, 1.165) is 49.5 Å². The maximum Gasteiger partial charge on any atom is 0.326 e. The van der Waals surface area contributed by atoms with E-state index in [-0.39, 0.29) is 11.6 Å². The molecule has 5 N–H and O–H groups in total. The molecule has 3 aromatic heterocycles. The van der Waals surface area contributed by atoms with Gasteiger partial charge in [-0.05, 0) is 57.0 Å². The second-order valence-electron chi connectivity index (χ2n) is 8.77.